The molecule has 0 bridgehead atoms. The molecule has 22 heavy (non-hydrogen) atoms. The Hall–Kier alpha value is -1.61. The smallest absolute Gasteiger partial charge is 0.338 e. The van der Waals surface area contributed by atoms with Crippen molar-refractivity contribution in [2.24, 2.45) is 0 Å². The number of halogens is 1. The number of anilines is 1. The standard InChI is InChI=1S/C15H14INO4S/c1-10-13(15(18)21-2)7-4-8-14(10)22(19,20)17-12-6-3-5-11(16)9-12/h3-9,17H,1-2H3. The molecule has 0 aromatic heterocycles. The fourth-order valence-corrected chi connectivity index (χ4v) is 3.86. The van der Waals surface area contributed by atoms with Gasteiger partial charge in [0.1, 0.15) is 0 Å². The second-order valence-electron chi connectivity index (χ2n) is 4.54. The van der Waals surface area contributed by atoms with Crippen molar-refractivity contribution in [3.63, 3.8) is 0 Å². The van der Waals surface area contributed by atoms with Crippen molar-refractivity contribution in [3.8, 4) is 0 Å². The second-order valence-corrected chi connectivity index (χ2v) is 7.43. The van der Waals surface area contributed by atoms with E-state index in [0.717, 1.165) is 3.57 Å². The highest BCUT2D eigenvalue weighted by Crippen LogP contribution is 2.23. The molecular formula is C15H14INO4S. The van der Waals surface area contributed by atoms with E-state index in [-0.39, 0.29) is 10.5 Å². The van der Waals surface area contributed by atoms with E-state index >= 15 is 0 Å². The molecule has 0 aliphatic heterocycles. The van der Waals surface area contributed by atoms with Crippen LogP contribution in [0.4, 0.5) is 5.69 Å². The molecule has 0 fully saturated rings. The van der Waals surface area contributed by atoms with Gasteiger partial charge in [-0.15, -0.1) is 0 Å². The highest BCUT2D eigenvalue weighted by Gasteiger charge is 2.21. The fourth-order valence-electron chi connectivity index (χ4n) is 2.00. The van der Waals surface area contributed by atoms with Crippen LogP contribution in [0.25, 0.3) is 0 Å². The first kappa shape index (κ1) is 16.8. The van der Waals surface area contributed by atoms with Crippen LogP contribution in [-0.4, -0.2) is 21.5 Å². The number of hydrogen-bond donors (Lipinski definition) is 1. The van der Waals surface area contributed by atoms with E-state index in [0.29, 0.717) is 11.3 Å². The zero-order valence-corrected chi connectivity index (χ0v) is 14.9. The summed E-state index contributed by atoms with van der Waals surface area (Å²) in [5.74, 6) is -0.566. The molecule has 1 N–H and O–H groups in total. The lowest BCUT2D eigenvalue weighted by Gasteiger charge is -2.12. The lowest BCUT2D eigenvalue weighted by molar-refractivity contribution is 0.0599. The zero-order chi connectivity index (χ0) is 16.3. The molecule has 0 amide bonds. The Morgan fingerprint density at radius 1 is 1.18 bits per heavy atom. The first-order valence-corrected chi connectivity index (χ1v) is 8.87. The predicted octanol–water partition coefficient (Wildman–Crippen LogP) is 3.19. The summed E-state index contributed by atoms with van der Waals surface area (Å²) < 4.78 is 33.2. The molecule has 0 atom stereocenters. The van der Waals surface area contributed by atoms with Crippen LogP contribution < -0.4 is 4.72 Å². The van der Waals surface area contributed by atoms with Crippen molar-refractivity contribution in [1.82, 2.24) is 0 Å². The monoisotopic (exact) mass is 431 g/mol. The number of rotatable bonds is 4. The van der Waals surface area contributed by atoms with E-state index in [2.05, 4.69) is 32.0 Å². The molecule has 2 aromatic rings. The molecule has 2 rings (SSSR count). The van der Waals surface area contributed by atoms with E-state index in [4.69, 9.17) is 0 Å². The Bertz CT molecular complexity index is 818. The Morgan fingerprint density at radius 2 is 1.86 bits per heavy atom. The predicted molar refractivity (Wildman–Crippen MR) is 92.5 cm³/mol. The van der Waals surface area contributed by atoms with Gasteiger partial charge in [0.15, 0.2) is 0 Å². The van der Waals surface area contributed by atoms with Gasteiger partial charge < -0.3 is 4.74 Å². The maximum Gasteiger partial charge on any atom is 0.338 e. The average Bonchev–Trinajstić information content (AvgIpc) is 2.46. The molecule has 2 aromatic carbocycles. The van der Waals surface area contributed by atoms with Crippen molar-refractivity contribution in [2.75, 3.05) is 11.8 Å². The summed E-state index contributed by atoms with van der Waals surface area (Å²) in [4.78, 5) is 11.7. The molecule has 0 aliphatic rings. The summed E-state index contributed by atoms with van der Waals surface area (Å²) in [6.07, 6.45) is 0. The topological polar surface area (TPSA) is 72.5 Å². The number of ether oxygens (including phenoxy) is 1. The van der Waals surface area contributed by atoms with E-state index in [9.17, 15) is 13.2 Å². The fraction of sp³-hybridized carbons (Fsp3) is 0.133. The third-order valence-electron chi connectivity index (χ3n) is 3.06. The first-order chi connectivity index (χ1) is 10.3. The van der Waals surface area contributed by atoms with Gasteiger partial charge in [-0.2, -0.15) is 0 Å². The SMILES string of the molecule is COC(=O)c1cccc(S(=O)(=O)Nc2cccc(I)c2)c1C. The molecule has 116 valence electrons. The lowest BCUT2D eigenvalue weighted by atomic mass is 10.1. The molecule has 5 nitrogen and oxygen atoms in total. The number of carbonyl (C=O) groups excluding carboxylic acids is 1. The molecule has 0 heterocycles. The van der Waals surface area contributed by atoms with Crippen molar-refractivity contribution >= 4 is 44.3 Å². The average molecular weight is 431 g/mol. The van der Waals surface area contributed by atoms with Gasteiger partial charge in [-0.25, -0.2) is 13.2 Å². The van der Waals surface area contributed by atoms with Crippen molar-refractivity contribution in [3.05, 3.63) is 57.2 Å². The van der Waals surface area contributed by atoms with Crippen LogP contribution in [0.2, 0.25) is 0 Å². The largest absolute Gasteiger partial charge is 0.465 e. The maximum absolute atomic E-state index is 12.5. The van der Waals surface area contributed by atoms with Crippen LogP contribution in [0.15, 0.2) is 47.4 Å². The number of nitrogens with one attached hydrogen (secondary N) is 1. The van der Waals surface area contributed by atoms with E-state index in [1.54, 1.807) is 25.1 Å². The van der Waals surface area contributed by atoms with Crippen LogP contribution in [-0.2, 0) is 14.8 Å². The van der Waals surface area contributed by atoms with Crippen LogP contribution in [0.3, 0.4) is 0 Å². The van der Waals surface area contributed by atoms with Crippen molar-refractivity contribution in [1.29, 1.82) is 0 Å². The summed E-state index contributed by atoms with van der Waals surface area (Å²) in [6.45, 7) is 1.58. The first-order valence-electron chi connectivity index (χ1n) is 6.31. The molecule has 0 radical (unpaired) electrons. The minimum absolute atomic E-state index is 0.0502. The molecular weight excluding hydrogens is 417 g/mol. The number of esters is 1. The van der Waals surface area contributed by atoms with Gasteiger partial charge in [0, 0.05) is 9.26 Å². The lowest BCUT2D eigenvalue weighted by Crippen LogP contribution is -2.16. The minimum atomic E-state index is -3.79. The Balaban J connectivity index is 2.44. The molecule has 7 heteroatoms. The summed E-state index contributed by atoms with van der Waals surface area (Å²) in [6, 6.07) is 11.5. The van der Waals surface area contributed by atoms with Crippen LogP contribution in [0.1, 0.15) is 15.9 Å². The third-order valence-corrected chi connectivity index (χ3v) is 5.25. The van der Waals surface area contributed by atoms with Crippen molar-refractivity contribution in [2.45, 2.75) is 11.8 Å². The van der Waals surface area contributed by atoms with Gasteiger partial charge in [-0.1, -0.05) is 12.1 Å². The van der Waals surface area contributed by atoms with Gasteiger partial charge in [-0.3, -0.25) is 4.72 Å². The summed E-state index contributed by atoms with van der Waals surface area (Å²) >= 11 is 2.10. The van der Waals surface area contributed by atoms with Gasteiger partial charge >= 0.3 is 5.97 Å². The van der Waals surface area contributed by atoms with Crippen LogP contribution >= 0.6 is 22.6 Å². The molecule has 0 aliphatic carbocycles. The normalized spacial score (nSPS) is 11.0. The molecule has 0 saturated carbocycles. The molecule has 0 spiro atoms. The Labute approximate surface area is 142 Å². The quantitative estimate of drug-likeness (QED) is 0.597. The summed E-state index contributed by atoms with van der Waals surface area (Å²) in [5.41, 5.74) is 1.05. The Morgan fingerprint density at radius 3 is 2.50 bits per heavy atom. The summed E-state index contributed by atoms with van der Waals surface area (Å²) in [5, 5.41) is 0. The van der Waals surface area contributed by atoms with E-state index < -0.39 is 16.0 Å². The maximum atomic E-state index is 12.5. The highest BCUT2D eigenvalue weighted by atomic mass is 127. The molecule has 0 unspecified atom stereocenters. The van der Waals surface area contributed by atoms with Gasteiger partial charge in [0.2, 0.25) is 0 Å². The van der Waals surface area contributed by atoms with Crippen LogP contribution in [0, 0.1) is 10.5 Å². The van der Waals surface area contributed by atoms with Gasteiger partial charge in [0.25, 0.3) is 10.0 Å². The third kappa shape index (κ3) is 3.58. The zero-order valence-electron chi connectivity index (χ0n) is 12.0. The molecule has 0 saturated heterocycles. The number of sulfonamides is 1. The number of methoxy groups -OCH3 is 1. The number of hydrogen-bond acceptors (Lipinski definition) is 4. The Kier molecular flexibility index (Phi) is 5.07. The highest BCUT2D eigenvalue weighted by molar-refractivity contribution is 14.1. The van der Waals surface area contributed by atoms with Crippen LogP contribution in [0.5, 0.6) is 0 Å². The van der Waals surface area contributed by atoms with E-state index in [1.807, 2.05) is 6.07 Å². The number of benzene rings is 2. The second kappa shape index (κ2) is 6.66. The van der Waals surface area contributed by atoms with Crippen molar-refractivity contribution < 1.29 is 17.9 Å². The number of carbonyl (C=O) groups is 1. The van der Waals surface area contributed by atoms with Gasteiger partial charge in [-0.05, 0) is 65.4 Å². The minimum Gasteiger partial charge on any atom is -0.465 e. The van der Waals surface area contributed by atoms with E-state index in [1.165, 1.54) is 25.3 Å². The summed E-state index contributed by atoms with van der Waals surface area (Å²) in [7, 11) is -2.53. The van der Waals surface area contributed by atoms with Gasteiger partial charge in [0.05, 0.1) is 17.6 Å².